The summed E-state index contributed by atoms with van der Waals surface area (Å²) in [7, 11) is 0. The first kappa shape index (κ1) is 21.5. The van der Waals surface area contributed by atoms with E-state index in [1.54, 1.807) is 6.08 Å². The first-order valence-corrected chi connectivity index (χ1v) is 11.1. The van der Waals surface area contributed by atoms with Crippen molar-refractivity contribution < 1.29 is 9.53 Å². The summed E-state index contributed by atoms with van der Waals surface area (Å²) in [6.45, 7) is 11.1. The molecule has 0 radical (unpaired) electrons. The first-order valence-electron chi connectivity index (χ1n) is 10.7. The Kier molecular flexibility index (Phi) is 6.64. The lowest BCUT2D eigenvalue weighted by Gasteiger charge is -2.34. The number of hydrogen-bond acceptors (Lipinski definition) is 3. The van der Waals surface area contributed by atoms with E-state index in [0.29, 0.717) is 23.9 Å². The molecular weight excluding hydrogens is 410 g/mol. The highest BCUT2D eigenvalue weighted by molar-refractivity contribution is 6.31. The zero-order chi connectivity index (χ0) is 21.8. The Labute approximate surface area is 188 Å². The number of aromatic nitrogens is 1. The van der Waals surface area contributed by atoms with E-state index in [2.05, 4.69) is 23.0 Å². The highest BCUT2D eigenvalue weighted by Gasteiger charge is 2.26. The van der Waals surface area contributed by atoms with E-state index in [1.807, 2.05) is 53.4 Å². The molecule has 0 spiro atoms. The fraction of sp³-hybridized carbons (Fsp3) is 0.320. The number of piperazine rings is 1. The molecule has 6 heteroatoms. The molecule has 0 N–H and O–H groups in total. The van der Waals surface area contributed by atoms with Crippen molar-refractivity contribution in [3.63, 3.8) is 0 Å². The van der Waals surface area contributed by atoms with Crippen molar-refractivity contribution in [2.45, 2.75) is 13.5 Å². The molecule has 162 valence electrons. The van der Waals surface area contributed by atoms with Crippen LogP contribution in [0.15, 0.2) is 61.2 Å². The average Bonchev–Trinajstić information content (AvgIpc) is 3.17. The topological polar surface area (TPSA) is 37.7 Å². The predicted octanol–water partition coefficient (Wildman–Crippen LogP) is 4.69. The first-order chi connectivity index (χ1) is 15.1. The fourth-order valence-corrected chi connectivity index (χ4v) is 4.30. The van der Waals surface area contributed by atoms with Crippen LogP contribution in [0.25, 0.3) is 10.9 Å². The molecule has 3 aromatic rings. The van der Waals surface area contributed by atoms with Gasteiger partial charge in [-0.1, -0.05) is 55.4 Å². The third kappa shape index (κ3) is 4.48. The average molecular weight is 438 g/mol. The molecule has 1 aliphatic heterocycles. The van der Waals surface area contributed by atoms with Gasteiger partial charge in [0, 0.05) is 43.1 Å². The van der Waals surface area contributed by atoms with Crippen LogP contribution in [0.3, 0.4) is 0 Å². The SMILES string of the molecule is C=CCOc1cccc2c1cc(C(=O)N1CCN(CC)CC1)n2Cc1ccccc1Cl. The highest BCUT2D eigenvalue weighted by atomic mass is 35.5. The molecule has 1 saturated heterocycles. The lowest BCUT2D eigenvalue weighted by atomic mass is 10.2. The van der Waals surface area contributed by atoms with Crippen molar-refractivity contribution in [1.82, 2.24) is 14.4 Å². The van der Waals surface area contributed by atoms with Gasteiger partial charge < -0.3 is 19.1 Å². The molecule has 0 unspecified atom stereocenters. The van der Waals surface area contributed by atoms with Gasteiger partial charge in [0.15, 0.2) is 0 Å². The summed E-state index contributed by atoms with van der Waals surface area (Å²) in [6, 6.07) is 15.6. The zero-order valence-corrected chi connectivity index (χ0v) is 18.6. The van der Waals surface area contributed by atoms with Crippen LogP contribution >= 0.6 is 11.6 Å². The van der Waals surface area contributed by atoms with E-state index < -0.39 is 0 Å². The van der Waals surface area contributed by atoms with Crippen LogP contribution in [0.4, 0.5) is 0 Å². The standard InChI is InChI=1S/C25H28ClN3O2/c1-3-16-31-24-11-7-10-22-20(24)17-23(25(30)28-14-12-27(4-2)13-15-28)29(22)18-19-8-5-6-9-21(19)26/h3,5-11,17H,1,4,12-16,18H2,2H3. The minimum absolute atomic E-state index is 0.0497. The summed E-state index contributed by atoms with van der Waals surface area (Å²) in [6.07, 6.45) is 1.72. The molecule has 0 aliphatic carbocycles. The van der Waals surface area contributed by atoms with Gasteiger partial charge in [0.1, 0.15) is 18.1 Å². The second-order valence-electron chi connectivity index (χ2n) is 7.72. The van der Waals surface area contributed by atoms with Crippen LogP contribution in [-0.2, 0) is 6.54 Å². The van der Waals surface area contributed by atoms with E-state index in [0.717, 1.165) is 54.9 Å². The Bertz CT molecular complexity index is 1080. The van der Waals surface area contributed by atoms with E-state index >= 15 is 0 Å². The van der Waals surface area contributed by atoms with Gasteiger partial charge in [-0.05, 0) is 36.4 Å². The van der Waals surface area contributed by atoms with Gasteiger partial charge in [0.25, 0.3) is 5.91 Å². The molecule has 31 heavy (non-hydrogen) atoms. The van der Waals surface area contributed by atoms with Gasteiger partial charge in [-0.25, -0.2) is 0 Å². The van der Waals surface area contributed by atoms with Gasteiger partial charge >= 0.3 is 0 Å². The number of nitrogens with zero attached hydrogens (tertiary/aromatic N) is 3. The Morgan fingerprint density at radius 2 is 1.90 bits per heavy atom. The summed E-state index contributed by atoms with van der Waals surface area (Å²) < 4.78 is 7.94. The number of amides is 1. The lowest BCUT2D eigenvalue weighted by Crippen LogP contribution is -2.48. The minimum atomic E-state index is 0.0497. The van der Waals surface area contributed by atoms with Crippen LogP contribution in [0.5, 0.6) is 5.75 Å². The summed E-state index contributed by atoms with van der Waals surface area (Å²) in [5, 5.41) is 1.62. The van der Waals surface area contributed by atoms with Crippen LogP contribution in [-0.4, -0.2) is 59.6 Å². The third-order valence-electron chi connectivity index (χ3n) is 5.87. The second-order valence-corrected chi connectivity index (χ2v) is 8.13. The molecule has 4 rings (SSSR count). The highest BCUT2D eigenvalue weighted by Crippen LogP contribution is 2.31. The van der Waals surface area contributed by atoms with Crippen molar-refractivity contribution in [3.8, 4) is 5.75 Å². The molecule has 0 saturated carbocycles. The number of halogens is 1. The van der Waals surface area contributed by atoms with E-state index in [1.165, 1.54) is 0 Å². The number of ether oxygens (including phenoxy) is 1. The molecule has 0 bridgehead atoms. The monoisotopic (exact) mass is 437 g/mol. The zero-order valence-electron chi connectivity index (χ0n) is 17.9. The quantitative estimate of drug-likeness (QED) is 0.503. The number of likely N-dealkylation sites (N-methyl/N-ethyl adjacent to an activating group) is 1. The Morgan fingerprint density at radius 3 is 2.61 bits per heavy atom. The van der Waals surface area contributed by atoms with Crippen LogP contribution in [0.2, 0.25) is 5.02 Å². The van der Waals surface area contributed by atoms with Gasteiger partial charge in [0.05, 0.1) is 5.52 Å². The van der Waals surface area contributed by atoms with Crippen LogP contribution < -0.4 is 4.74 Å². The molecular formula is C25H28ClN3O2. The molecule has 0 atom stereocenters. The predicted molar refractivity (Wildman–Crippen MR) is 126 cm³/mol. The van der Waals surface area contributed by atoms with Crippen molar-refractivity contribution >= 4 is 28.4 Å². The van der Waals surface area contributed by atoms with Crippen molar-refractivity contribution in [1.29, 1.82) is 0 Å². The summed E-state index contributed by atoms with van der Waals surface area (Å²) in [4.78, 5) is 17.9. The number of rotatable bonds is 7. The Hall–Kier alpha value is -2.76. The van der Waals surface area contributed by atoms with Crippen molar-refractivity contribution in [3.05, 3.63) is 77.5 Å². The smallest absolute Gasteiger partial charge is 0.270 e. The minimum Gasteiger partial charge on any atom is -0.489 e. The molecule has 5 nitrogen and oxygen atoms in total. The van der Waals surface area contributed by atoms with Gasteiger partial charge in [-0.3, -0.25) is 4.79 Å². The molecule has 2 aromatic carbocycles. The van der Waals surface area contributed by atoms with E-state index in [-0.39, 0.29) is 5.91 Å². The summed E-state index contributed by atoms with van der Waals surface area (Å²) in [5.41, 5.74) is 2.59. The number of fused-ring (bicyclic) bond motifs is 1. The molecule has 1 fully saturated rings. The normalized spacial score (nSPS) is 14.7. The molecule has 1 aromatic heterocycles. The Balaban J connectivity index is 1.76. The maximum atomic E-state index is 13.6. The maximum Gasteiger partial charge on any atom is 0.270 e. The fourth-order valence-electron chi connectivity index (χ4n) is 4.11. The number of carbonyl (C=O) groups excluding carboxylic acids is 1. The number of benzene rings is 2. The van der Waals surface area contributed by atoms with Gasteiger partial charge in [-0.15, -0.1) is 0 Å². The van der Waals surface area contributed by atoms with E-state index in [4.69, 9.17) is 16.3 Å². The maximum absolute atomic E-state index is 13.6. The van der Waals surface area contributed by atoms with Gasteiger partial charge in [-0.2, -0.15) is 0 Å². The van der Waals surface area contributed by atoms with Crippen molar-refractivity contribution in [2.24, 2.45) is 0 Å². The second kappa shape index (κ2) is 9.58. The molecule has 2 heterocycles. The van der Waals surface area contributed by atoms with Crippen LogP contribution in [0, 0.1) is 0 Å². The van der Waals surface area contributed by atoms with Crippen LogP contribution in [0.1, 0.15) is 23.0 Å². The van der Waals surface area contributed by atoms with Crippen molar-refractivity contribution in [2.75, 3.05) is 39.3 Å². The molecule has 1 amide bonds. The molecule has 1 aliphatic rings. The lowest BCUT2D eigenvalue weighted by molar-refractivity contribution is 0.0633. The largest absolute Gasteiger partial charge is 0.489 e. The third-order valence-corrected chi connectivity index (χ3v) is 6.24. The Morgan fingerprint density at radius 1 is 1.13 bits per heavy atom. The summed E-state index contributed by atoms with van der Waals surface area (Å²) in [5.74, 6) is 0.800. The van der Waals surface area contributed by atoms with E-state index in [9.17, 15) is 4.79 Å². The number of carbonyl (C=O) groups is 1. The summed E-state index contributed by atoms with van der Waals surface area (Å²) >= 11 is 6.45. The van der Waals surface area contributed by atoms with Gasteiger partial charge in [0.2, 0.25) is 0 Å². The number of hydrogen-bond donors (Lipinski definition) is 0.